The predicted molar refractivity (Wildman–Crippen MR) is 125 cm³/mol. The van der Waals surface area contributed by atoms with Crippen molar-refractivity contribution in [2.45, 2.75) is 38.8 Å². The molecule has 5 nitrogen and oxygen atoms in total. The molecule has 0 spiro atoms. The fraction of sp³-hybridized carbons (Fsp3) is 0.333. The van der Waals surface area contributed by atoms with Crippen molar-refractivity contribution in [3.05, 3.63) is 69.5 Å². The number of hydrogen-bond donors (Lipinski definition) is 1. The van der Waals surface area contributed by atoms with E-state index in [9.17, 15) is 4.79 Å². The third-order valence-electron chi connectivity index (χ3n) is 6.31. The molecule has 31 heavy (non-hydrogen) atoms. The van der Waals surface area contributed by atoms with E-state index in [4.69, 9.17) is 28.2 Å². The molecule has 2 aromatic carbocycles. The van der Waals surface area contributed by atoms with Gasteiger partial charge in [0.25, 0.3) is 0 Å². The Bertz CT molecular complexity index is 1120. The molecule has 1 aromatic heterocycles. The lowest BCUT2D eigenvalue weighted by molar-refractivity contribution is -0.118. The number of carbonyl (C=O) groups excluding carboxylic acids is 1. The van der Waals surface area contributed by atoms with E-state index in [1.807, 2.05) is 47.4 Å². The number of likely N-dealkylation sites (tertiary alicyclic amines) is 1. The van der Waals surface area contributed by atoms with E-state index in [1.165, 1.54) is 0 Å². The number of aryl methyl sites for hydroxylation is 1. The Kier molecular flexibility index (Phi) is 5.51. The number of imidazole rings is 1. The zero-order valence-corrected chi connectivity index (χ0v) is 18.9. The van der Waals surface area contributed by atoms with Crippen LogP contribution in [0.1, 0.15) is 29.8 Å². The first kappa shape index (κ1) is 20.6. The maximum atomic E-state index is 12.7. The fourth-order valence-corrected chi connectivity index (χ4v) is 4.98. The number of hydrogen-bond acceptors (Lipinski definition) is 3. The van der Waals surface area contributed by atoms with E-state index in [-0.39, 0.29) is 11.9 Å². The minimum absolute atomic E-state index is 0.187. The van der Waals surface area contributed by atoms with Gasteiger partial charge in [-0.15, -0.1) is 0 Å². The van der Waals surface area contributed by atoms with Crippen LogP contribution in [-0.2, 0) is 17.8 Å². The maximum Gasteiger partial charge on any atom is 0.231 e. The van der Waals surface area contributed by atoms with Crippen LogP contribution in [0.3, 0.4) is 0 Å². The summed E-state index contributed by atoms with van der Waals surface area (Å²) < 4.78 is 0. The Morgan fingerprint density at radius 3 is 2.52 bits per heavy atom. The summed E-state index contributed by atoms with van der Waals surface area (Å²) in [7, 11) is 0. The van der Waals surface area contributed by atoms with Crippen molar-refractivity contribution in [1.82, 2.24) is 14.9 Å². The molecule has 7 heteroatoms. The van der Waals surface area contributed by atoms with Gasteiger partial charge in [0.2, 0.25) is 5.91 Å². The van der Waals surface area contributed by atoms with Gasteiger partial charge in [0.05, 0.1) is 12.1 Å². The van der Waals surface area contributed by atoms with E-state index in [0.717, 1.165) is 71.5 Å². The number of piperidine rings is 1. The fourth-order valence-electron chi connectivity index (χ4n) is 4.66. The van der Waals surface area contributed by atoms with Crippen molar-refractivity contribution in [3.63, 3.8) is 0 Å². The highest BCUT2D eigenvalue weighted by Crippen LogP contribution is 2.35. The van der Waals surface area contributed by atoms with E-state index >= 15 is 0 Å². The first-order valence-corrected chi connectivity index (χ1v) is 11.4. The third-order valence-corrected chi connectivity index (χ3v) is 6.80. The highest BCUT2D eigenvalue weighted by molar-refractivity contribution is 6.31. The minimum atomic E-state index is 0.187. The van der Waals surface area contributed by atoms with Crippen LogP contribution in [0.15, 0.2) is 42.5 Å². The highest BCUT2D eigenvalue weighted by Gasteiger charge is 2.35. The van der Waals surface area contributed by atoms with Gasteiger partial charge < -0.3 is 9.88 Å². The zero-order chi connectivity index (χ0) is 21.5. The molecule has 3 aromatic rings. The summed E-state index contributed by atoms with van der Waals surface area (Å²) in [5.41, 5.74) is 5.27. The molecular weight excluding hydrogens is 431 g/mol. The van der Waals surface area contributed by atoms with Gasteiger partial charge in [-0.1, -0.05) is 23.2 Å². The van der Waals surface area contributed by atoms with Gasteiger partial charge in [0.15, 0.2) is 0 Å². The lowest BCUT2D eigenvalue weighted by Crippen LogP contribution is -2.46. The number of aromatic nitrogens is 2. The first-order chi connectivity index (χ1) is 15.0. The van der Waals surface area contributed by atoms with Gasteiger partial charge in [0.1, 0.15) is 5.82 Å². The summed E-state index contributed by atoms with van der Waals surface area (Å²) in [6.45, 7) is 4.77. The Morgan fingerprint density at radius 2 is 1.77 bits per heavy atom. The molecule has 0 radical (unpaired) electrons. The van der Waals surface area contributed by atoms with Crippen molar-refractivity contribution in [2.75, 3.05) is 18.0 Å². The number of carbonyl (C=O) groups is 1. The molecule has 160 valence electrons. The Balaban J connectivity index is 1.24. The molecule has 0 atom stereocenters. The van der Waals surface area contributed by atoms with Gasteiger partial charge in [-0.3, -0.25) is 9.69 Å². The number of benzene rings is 2. The first-order valence-electron chi connectivity index (χ1n) is 10.6. The number of amides is 1. The quantitative estimate of drug-likeness (QED) is 0.585. The Hall–Kier alpha value is -2.34. The second-order valence-electron chi connectivity index (χ2n) is 8.38. The predicted octanol–water partition coefficient (Wildman–Crippen LogP) is 5.25. The number of H-pyrrole nitrogens is 1. The summed E-state index contributed by atoms with van der Waals surface area (Å²) in [6.07, 6.45) is 2.37. The van der Waals surface area contributed by atoms with Crippen LogP contribution in [0.5, 0.6) is 0 Å². The van der Waals surface area contributed by atoms with Crippen LogP contribution >= 0.6 is 23.2 Å². The second kappa shape index (κ2) is 8.30. The van der Waals surface area contributed by atoms with Crippen LogP contribution in [0, 0.1) is 6.92 Å². The molecule has 2 aliphatic rings. The standard InChI is InChI=1S/C24H24Cl2N4O/c1-15-21(28-24(27-15)16-2-4-18(25)5-3-16)14-29-10-8-20(9-11-29)30-22-7-6-19(26)12-17(22)13-23(30)31/h2-7,12,20H,8-11,13-14H2,1H3,(H,27,28). The smallest absolute Gasteiger partial charge is 0.231 e. The third kappa shape index (κ3) is 4.10. The van der Waals surface area contributed by atoms with Crippen molar-refractivity contribution in [3.8, 4) is 11.4 Å². The van der Waals surface area contributed by atoms with Crippen LogP contribution in [-0.4, -0.2) is 39.9 Å². The van der Waals surface area contributed by atoms with Gasteiger partial charge in [-0.25, -0.2) is 4.98 Å². The Morgan fingerprint density at radius 1 is 1.06 bits per heavy atom. The molecule has 1 saturated heterocycles. The van der Waals surface area contributed by atoms with E-state index < -0.39 is 0 Å². The summed E-state index contributed by atoms with van der Waals surface area (Å²) in [5.74, 6) is 1.06. The molecule has 0 unspecified atom stereocenters. The number of anilines is 1. The van der Waals surface area contributed by atoms with Gasteiger partial charge >= 0.3 is 0 Å². The molecule has 0 bridgehead atoms. The topological polar surface area (TPSA) is 52.2 Å². The van der Waals surface area contributed by atoms with Crippen LogP contribution in [0.25, 0.3) is 11.4 Å². The SMILES string of the molecule is Cc1[nH]c(-c2ccc(Cl)cc2)nc1CN1CCC(N2C(=O)Cc3cc(Cl)ccc32)CC1. The van der Waals surface area contributed by atoms with Gasteiger partial charge in [-0.2, -0.15) is 0 Å². The summed E-state index contributed by atoms with van der Waals surface area (Å²) in [4.78, 5) is 25.3. The van der Waals surface area contributed by atoms with Crippen molar-refractivity contribution < 1.29 is 4.79 Å². The van der Waals surface area contributed by atoms with Gasteiger partial charge in [-0.05, 0) is 67.8 Å². The molecule has 0 aliphatic carbocycles. The lowest BCUT2D eigenvalue weighted by atomic mass is 10.0. The average Bonchev–Trinajstić information content (AvgIpc) is 3.27. The Labute approximate surface area is 192 Å². The van der Waals surface area contributed by atoms with Crippen molar-refractivity contribution in [2.24, 2.45) is 0 Å². The molecule has 1 amide bonds. The number of nitrogens with one attached hydrogen (secondary N) is 1. The van der Waals surface area contributed by atoms with Gasteiger partial charge in [0, 0.05) is 52.7 Å². The van der Waals surface area contributed by atoms with Crippen LogP contribution in [0.2, 0.25) is 10.0 Å². The maximum absolute atomic E-state index is 12.7. The molecule has 1 fully saturated rings. The van der Waals surface area contributed by atoms with E-state index in [2.05, 4.69) is 16.8 Å². The highest BCUT2D eigenvalue weighted by atomic mass is 35.5. The van der Waals surface area contributed by atoms with E-state index in [0.29, 0.717) is 11.4 Å². The number of fused-ring (bicyclic) bond motifs is 1. The molecule has 1 N–H and O–H groups in total. The normalized spacial score (nSPS) is 17.4. The molecule has 3 heterocycles. The largest absolute Gasteiger partial charge is 0.342 e. The molecule has 5 rings (SSSR count). The van der Waals surface area contributed by atoms with Crippen molar-refractivity contribution >= 4 is 34.8 Å². The monoisotopic (exact) mass is 454 g/mol. The molecule has 2 aliphatic heterocycles. The second-order valence-corrected chi connectivity index (χ2v) is 9.26. The van der Waals surface area contributed by atoms with Crippen LogP contribution in [0.4, 0.5) is 5.69 Å². The molecular formula is C24H24Cl2N4O. The van der Waals surface area contributed by atoms with Crippen molar-refractivity contribution in [1.29, 1.82) is 0 Å². The zero-order valence-electron chi connectivity index (χ0n) is 17.4. The lowest BCUT2D eigenvalue weighted by Gasteiger charge is -2.36. The summed E-state index contributed by atoms with van der Waals surface area (Å²) in [5, 5.41) is 1.41. The minimum Gasteiger partial charge on any atom is -0.342 e. The summed E-state index contributed by atoms with van der Waals surface area (Å²) >= 11 is 12.1. The average molecular weight is 455 g/mol. The number of nitrogens with zero attached hydrogens (tertiary/aromatic N) is 3. The number of rotatable bonds is 4. The number of aromatic amines is 1. The van der Waals surface area contributed by atoms with Crippen LogP contribution < -0.4 is 4.90 Å². The number of halogens is 2. The molecule has 0 saturated carbocycles. The van der Waals surface area contributed by atoms with E-state index in [1.54, 1.807) is 0 Å². The summed E-state index contributed by atoms with van der Waals surface area (Å²) in [6, 6.07) is 13.7.